The van der Waals surface area contributed by atoms with Crippen LogP contribution in [0.25, 0.3) is 0 Å². The van der Waals surface area contributed by atoms with Crippen LogP contribution in [0.1, 0.15) is 95.9 Å². The Balaban J connectivity index is 0.00000127. The average Bonchev–Trinajstić information content (AvgIpc) is 3.42. The van der Waals surface area contributed by atoms with Gasteiger partial charge in [-0.3, -0.25) is 20.0 Å². The number of aromatic hydroxyl groups is 4. The van der Waals surface area contributed by atoms with Gasteiger partial charge in [0.05, 0.1) is 24.2 Å². The topological polar surface area (TPSA) is 236 Å². The van der Waals surface area contributed by atoms with E-state index in [4.69, 9.17) is 47.9 Å². The van der Waals surface area contributed by atoms with Gasteiger partial charge >= 0.3 is 64.6 Å². The number of hydrogen-bond donors (Lipinski definition) is 4. The monoisotopic (exact) mass is 1450 g/mol. The molecule has 16 nitrogen and oxygen atoms in total. The summed E-state index contributed by atoms with van der Waals surface area (Å²) in [4.78, 5) is 19.6. The third-order valence-electron chi connectivity index (χ3n) is 12.8. The first-order chi connectivity index (χ1) is 36.2. The second kappa shape index (κ2) is 29.0. The third kappa shape index (κ3) is 15.9. The van der Waals surface area contributed by atoms with Crippen molar-refractivity contribution < 1.29 is 104 Å². The molecule has 0 aromatic heterocycles. The molecule has 0 radical (unpaired) electrons. The molecule has 0 saturated heterocycles. The summed E-state index contributed by atoms with van der Waals surface area (Å²) in [6, 6.07) is 36.7. The molecule has 12 rings (SSSR count). The number of para-hydroxylation sites is 4. The molecule has 18 heteroatoms. The van der Waals surface area contributed by atoms with E-state index in [-0.39, 0.29) is 73.6 Å². The molecule has 2 aliphatic carbocycles. The van der Waals surface area contributed by atoms with Crippen LogP contribution >= 0.6 is 0 Å². The molecule has 4 aliphatic heterocycles. The first-order valence-corrected chi connectivity index (χ1v) is 31.0. The zero-order chi connectivity index (χ0) is 52.1. The Bertz CT molecular complexity index is 2620. The van der Waals surface area contributed by atoms with Gasteiger partial charge in [-0.15, -0.1) is 0 Å². The zero-order valence-corrected chi connectivity index (χ0v) is 48.8. The Hall–Kier alpha value is -6.30. The minimum absolute atomic E-state index is 0.0136. The van der Waals surface area contributed by atoms with Gasteiger partial charge in [-0.25, -0.2) is 0 Å². The normalized spacial score (nSPS) is 18.7. The molecule has 4 heterocycles. The Kier molecular flexibility index (Phi) is 21.7. The van der Waals surface area contributed by atoms with Crippen LogP contribution in [0.3, 0.4) is 0 Å². The van der Waals surface area contributed by atoms with E-state index in [9.17, 15) is 20.4 Å². The summed E-state index contributed by atoms with van der Waals surface area (Å²) in [5.41, 5.74) is 5.83. The molecule has 0 spiro atoms. The molecule has 380 valence electrons. The van der Waals surface area contributed by atoms with Crippen molar-refractivity contribution in [1.29, 1.82) is 0 Å². The fourth-order valence-corrected chi connectivity index (χ4v) is 8.73. The number of phenols is 4. The van der Waals surface area contributed by atoms with Gasteiger partial charge in [0.15, 0.2) is 46.0 Å². The molecule has 6 aliphatic rings. The number of benzene rings is 6. The second-order valence-corrected chi connectivity index (χ2v) is 19.1. The molecule has 74 heavy (non-hydrogen) atoms. The summed E-state index contributed by atoms with van der Waals surface area (Å²) in [7, 11) is 0. The van der Waals surface area contributed by atoms with Crippen molar-refractivity contribution in [1.82, 2.24) is 0 Å². The van der Waals surface area contributed by atoms with E-state index in [1.54, 1.807) is 49.1 Å². The van der Waals surface area contributed by atoms with Crippen LogP contribution < -0.4 is 18.9 Å². The van der Waals surface area contributed by atoms with Crippen molar-refractivity contribution >= 4 is 24.9 Å². The van der Waals surface area contributed by atoms with Gasteiger partial charge in [-0.05, 0) is 96.5 Å². The Labute approximate surface area is 458 Å². The van der Waals surface area contributed by atoms with E-state index < -0.39 is 55.6 Å². The Morgan fingerprint density at radius 3 is 0.743 bits per heavy atom. The van der Waals surface area contributed by atoms with Crippen LogP contribution in [-0.4, -0.2) is 69.5 Å². The molecule has 2 fully saturated rings. The van der Waals surface area contributed by atoms with Crippen molar-refractivity contribution in [3.63, 3.8) is 0 Å². The number of aliphatic imine (C=N–C) groups is 4. The van der Waals surface area contributed by atoms with E-state index in [2.05, 4.69) is 0 Å². The van der Waals surface area contributed by atoms with Gasteiger partial charge in [-0.2, -0.15) is 0 Å². The summed E-state index contributed by atoms with van der Waals surface area (Å²) < 4.78 is 58.7. The van der Waals surface area contributed by atoms with Gasteiger partial charge < -0.3 is 39.4 Å². The standard InChI is InChI=1S/C56H56N4O8.4O.2U/c61-53-41-9-5-17-49(53)65-33-37-21-23-39(24-22-37)35-67-51-19-7-11-43(55(51)63)31-59-47-15-3-4-16-48(47)60-32-44-12-8-20-52(56(44)64)68-36-40-27-25-38(26-28-40)34-66-50-18-6-10-42(54(50)62)30-58-46-14-2-1-13-45(46)57-29-41;;;;;;/h5-12,17-32,45-48,61-64H,1-4,13-16,33-36H2;;;;;;/t45-,46+,47+,48-;;;;;;. The number of phenolic OH excluding ortho intramolecular Hbond substituents is 4. The van der Waals surface area contributed by atoms with Crippen LogP contribution in [0.5, 0.6) is 46.0 Å². The van der Waals surface area contributed by atoms with E-state index >= 15 is 0 Å². The predicted molar refractivity (Wildman–Crippen MR) is 268 cm³/mol. The number of hydrogen-bond acceptors (Lipinski definition) is 16. The number of ether oxygens (including phenoxy) is 4. The van der Waals surface area contributed by atoms with Crippen molar-refractivity contribution in [3.05, 3.63) is 166 Å². The molecule has 0 unspecified atom stereocenters. The molecule has 4 atom stereocenters. The summed E-state index contributed by atoms with van der Waals surface area (Å²) in [6.45, 7) is 0.948. The summed E-state index contributed by atoms with van der Waals surface area (Å²) in [5.74, 6) is 1.46. The van der Waals surface area contributed by atoms with Crippen LogP contribution in [-0.2, 0) is 35.4 Å². The quantitative estimate of drug-likeness (QED) is 0.111. The molecule has 2 saturated carbocycles. The molecular weight excluding hydrogens is 1400 g/mol. The Morgan fingerprint density at radius 1 is 0.338 bits per heavy atom. The summed E-state index contributed by atoms with van der Waals surface area (Å²) in [6.07, 6.45) is 14.3. The molecule has 6 aromatic carbocycles. The third-order valence-corrected chi connectivity index (χ3v) is 12.8. The van der Waals surface area contributed by atoms with Crippen LogP contribution in [0, 0.1) is 55.6 Å². The zero-order valence-electron chi connectivity index (χ0n) is 40.5. The molecule has 0 amide bonds. The van der Waals surface area contributed by atoms with E-state index in [0.717, 1.165) is 73.6 Å². The van der Waals surface area contributed by atoms with Gasteiger partial charge in [0, 0.05) is 47.1 Å². The number of nitrogens with zero attached hydrogens (tertiary/aromatic N) is 4. The van der Waals surface area contributed by atoms with Gasteiger partial charge in [0.1, 0.15) is 26.4 Å². The summed E-state index contributed by atoms with van der Waals surface area (Å²) in [5, 5.41) is 44.8. The Morgan fingerprint density at radius 2 is 0.541 bits per heavy atom. The summed E-state index contributed by atoms with van der Waals surface area (Å²) >= 11 is -5.01. The average molecular weight is 1450 g/mol. The SMILES string of the molecule is Oc1c2cccc1OCc1ccc(cc1)COc1cccc(c1O)C=N[C@@H]1CCCC[C@@H]1N=Cc1cccc(c1O)OCc1ccc(cc1)COc1cccc(c1O)C=N[C@@H]1CCCC[C@@H]1N=C2.[O]=[U]=[O].[O]=[U]=[O]. The van der Waals surface area contributed by atoms with Gasteiger partial charge in [0.2, 0.25) is 0 Å². The second-order valence-electron chi connectivity index (χ2n) is 17.7. The molecule has 4 N–H and O–H groups in total. The molecule has 6 aromatic rings. The molecule has 12 bridgehead atoms. The first-order valence-electron chi connectivity index (χ1n) is 24.2. The van der Waals surface area contributed by atoms with Crippen molar-refractivity contribution in [2.45, 2.75) is 102 Å². The predicted octanol–water partition coefficient (Wildman–Crippen LogP) is 10.4. The fraction of sp³-hybridized carbons (Fsp3) is 0.286. The minimum atomic E-state index is -2.51. The van der Waals surface area contributed by atoms with Crippen LogP contribution in [0.4, 0.5) is 0 Å². The van der Waals surface area contributed by atoms with Gasteiger partial charge in [0.25, 0.3) is 0 Å². The van der Waals surface area contributed by atoms with Crippen molar-refractivity contribution in [2.24, 2.45) is 20.0 Å². The van der Waals surface area contributed by atoms with E-state index in [1.165, 1.54) is 0 Å². The van der Waals surface area contributed by atoms with Crippen LogP contribution in [0.15, 0.2) is 141 Å². The van der Waals surface area contributed by atoms with Gasteiger partial charge in [-0.1, -0.05) is 98.5 Å². The fourth-order valence-electron chi connectivity index (χ4n) is 8.73. The maximum absolute atomic E-state index is 11.2. The van der Waals surface area contributed by atoms with E-state index in [0.29, 0.717) is 45.3 Å². The van der Waals surface area contributed by atoms with Crippen LogP contribution in [0.2, 0.25) is 0 Å². The van der Waals surface area contributed by atoms with Crippen molar-refractivity contribution in [3.8, 4) is 46.0 Å². The number of rotatable bonds is 0. The molecular formula is C56H56N4O12U2. The first kappa shape index (κ1) is 55.5. The van der Waals surface area contributed by atoms with Crippen molar-refractivity contribution in [2.75, 3.05) is 0 Å². The van der Waals surface area contributed by atoms with E-state index in [1.807, 2.05) is 97.1 Å². The maximum atomic E-state index is 11.2.